The molecule has 4 aliphatic rings. The van der Waals surface area contributed by atoms with Gasteiger partial charge < -0.3 is 29.3 Å². The summed E-state index contributed by atoms with van der Waals surface area (Å²) in [5, 5.41) is 18.8. The van der Waals surface area contributed by atoms with Crippen LogP contribution in [0.4, 0.5) is 11.9 Å². The molecule has 14 heteroatoms. The average Bonchev–Trinajstić information content (AvgIpc) is 3.60. The molecule has 0 saturated carbocycles. The summed E-state index contributed by atoms with van der Waals surface area (Å²) in [5.74, 6) is 2.50. The Morgan fingerprint density at radius 1 is 0.516 bits per heavy atom. The van der Waals surface area contributed by atoms with Crippen LogP contribution in [0.5, 0.6) is 23.0 Å². The number of hydrogen-bond donors (Lipinski definition) is 0. The Morgan fingerprint density at radius 2 is 0.891 bits per heavy atom. The number of benzene rings is 4. The zero-order valence-electron chi connectivity index (χ0n) is 35.2. The van der Waals surface area contributed by atoms with Gasteiger partial charge in [-0.1, -0.05) is 82.8 Å². The molecule has 0 atom stereocenters. The summed E-state index contributed by atoms with van der Waals surface area (Å²) in [6, 6.07) is 37.0. The van der Waals surface area contributed by atoms with E-state index < -0.39 is 11.9 Å². The van der Waals surface area contributed by atoms with Crippen molar-refractivity contribution >= 4 is 47.1 Å². The summed E-state index contributed by atoms with van der Waals surface area (Å²) >= 11 is 0. The quantitative estimate of drug-likeness (QED) is 0.204. The number of hydrogen-bond acceptors (Lipinski definition) is 12. The Balaban J connectivity index is 0.000000150. The maximum absolute atomic E-state index is 9.41. The van der Waals surface area contributed by atoms with Gasteiger partial charge in [-0.15, -0.1) is 0 Å². The molecule has 0 unspecified atom stereocenters. The first kappa shape index (κ1) is 43.0. The van der Waals surface area contributed by atoms with Crippen LogP contribution in [0.2, 0.25) is 0 Å². The van der Waals surface area contributed by atoms with E-state index in [2.05, 4.69) is 112 Å². The number of carboxylic acid groups (broad SMARTS) is 2. The first-order chi connectivity index (χ1) is 31.4. The smallest absolute Gasteiger partial charge is 0.391 e. The number of anilines is 2. The second-order valence-corrected chi connectivity index (χ2v) is 15.3. The van der Waals surface area contributed by atoms with Gasteiger partial charge in [0.25, 0.3) is 0 Å². The Bertz CT molecular complexity index is 2440. The molecule has 6 aromatic rings. The summed E-state index contributed by atoms with van der Waals surface area (Å²) in [6.45, 7) is 9.72. The Labute approximate surface area is 371 Å². The van der Waals surface area contributed by atoms with Crippen molar-refractivity contribution in [3.05, 3.63) is 168 Å². The van der Waals surface area contributed by atoms with Gasteiger partial charge in [-0.3, -0.25) is 19.6 Å². The third kappa shape index (κ3) is 11.2. The highest BCUT2D eigenvalue weighted by molar-refractivity contribution is 5.89. The van der Waals surface area contributed by atoms with Crippen molar-refractivity contribution in [1.29, 1.82) is 0 Å². The first-order valence-electron chi connectivity index (χ1n) is 21.2. The number of nitrogens with zero attached hydrogens (tertiary/aromatic N) is 6. The van der Waals surface area contributed by atoms with Crippen molar-refractivity contribution in [2.24, 2.45) is 0 Å². The number of nitrogens with one attached hydrogen (secondary N) is 2. The Kier molecular flexibility index (Phi) is 14.1. The number of carbonyl (C=O) groups is 2. The minimum absolute atomic E-state index is 0.384. The van der Waals surface area contributed by atoms with Gasteiger partial charge in [0, 0.05) is 73.7 Å². The summed E-state index contributed by atoms with van der Waals surface area (Å²) in [4.78, 5) is 43.8. The van der Waals surface area contributed by atoms with E-state index in [1.807, 2.05) is 73.3 Å². The molecule has 4 aromatic carbocycles. The van der Waals surface area contributed by atoms with Gasteiger partial charge in [0.15, 0.2) is 0 Å². The molecule has 0 aliphatic carbocycles. The lowest BCUT2D eigenvalue weighted by Crippen LogP contribution is -2.48. The topological polar surface area (TPSA) is 166 Å². The monoisotopic (exact) mass is 856 g/mol. The minimum Gasteiger partial charge on any atom is -0.545 e. The SMILES string of the molecule is C1=C(CN2CCN(c3nccc[nH+]3)CC2)c2ccccc2Oc2ccccc21.C1=C(CN2CCN(c3nccc[nH+]3)CC2)c2ccccc2Oc2ccccc21.O=C([O-])/C=C\C(=O)[O-]. The van der Waals surface area contributed by atoms with Crippen molar-refractivity contribution in [2.75, 3.05) is 75.2 Å². The molecule has 10 rings (SSSR count). The number of ether oxygens (including phenoxy) is 2. The fraction of sp³-hybridized carbons (Fsp3) is 0.200. The number of H-pyrrole nitrogens is 2. The van der Waals surface area contributed by atoms with Gasteiger partial charge in [0.05, 0.1) is 50.5 Å². The van der Waals surface area contributed by atoms with Crippen LogP contribution in [-0.4, -0.2) is 97.2 Å². The number of carbonyl (C=O) groups excluding carboxylic acids is 2. The van der Waals surface area contributed by atoms with Crippen LogP contribution in [0, 0.1) is 0 Å². The molecule has 2 N–H and O–H groups in total. The van der Waals surface area contributed by atoms with E-state index in [0.29, 0.717) is 12.2 Å². The number of para-hydroxylation sites is 4. The highest BCUT2D eigenvalue weighted by atomic mass is 16.5. The number of rotatable bonds is 8. The van der Waals surface area contributed by atoms with Crippen LogP contribution in [0.15, 0.2) is 146 Å². The molecule has 0 amide bonds. The molecule has 2 aromatic heterocycles. The summed E-state index contributed by atoms with van der Waals surface area (Å²) in [7, 11) is 0. The molecule has 0 spiro atoms. The first-order valence-corrected chi connectivity index (χ1v) is 21.2. The van der Waals surface area contributed by atoms with E-state index >= 15 is 0 Å². The molecule has 0 radical (unpaired) electrons. The zero-order chi connectivity index (χ0) is 44.1. The third-order valence-corrected chi connectivity index (χ3v) is 11.1. The van der Waals surface area contributed by atoms with E-state index in [0.717, 1.165) is 111 Å². The predicted octanol–water partition coefficient (Wildman–Crippen LogP) is 3.77. The lowest BCUT2D eigenvalue weighted by Gasteiger charge is -2.31. The lowest BCUT2D eigenvalue weighted by atomic mass is 10.0. The van der Waals surface area contributed by atoms with Gasteiger partial charge in [0.2, 0.25) is 0 Å². The maximum atomic E-state index is 9.41. The largest absolute Gasteiger partial charge is 0.545 e. The number of fused-ring (bicyclic) bond motifs is 4. The van der Waals surface area contributed by atoms with Crippen LogP contribution in [0.3, 0.4) is 0 Å². The zero-order valence-corrected chi connectivity index (χ0v) is 35.2. The molecule has 2 fully saturated rings. The van der Waals surface area contributed by atoms with Gasteiger partial charge in [-0.25, -0.2) is 9.97 Å². The van der Waals surface area contributed by atoms with Crippen molar-refractivity contribution in [3.8, 4) is 23.0 Å². The van der Waals surface area contributed by atoms with E-state index in [9.17, 15) is 19.8 Å². The Hall–Kier alpha value is -7.68. The summed E-state index contributed by atoms with van der Waals surface area (Å²) in [5.41, 5.74) is 7.24. The van der Waals surface area contributed by atoms with Crippen molar-refractivity contribution in [1.82, 2.24) is 19.8 Å². The van der Waals surface area contributed by atoms with Crippen LogP contribution >= 0.6 is 0 Å². The average molecular weight is 857 g/mol. The predicted molar refractivity (Wildman–Crippen MR) is 240 cm³/mol. The highest BCUT2D eigenvalue weighted by Crippen LogP contribution is 2.39. The van der Waals surface area contributed by atoms with Gasteiger partial charge >= 0.3 is 11.9 Å². The third-order valence-electron chi connectivity index (χ3n) is 11.1. The molecule has 6 heterocycles. The minimum atomic E-state index is -1.55. The maximum Gasteiger partial charge on any atom is 0.391 e. The number of aromatic amines is 2. The summed E-state index contributed by atoms with van der Waals surface area (Å²) < 4.78 is 12.4. The number of carboxylic acids is 2. The van der Waals surface area contributed by atoms with Gasteiger partial charge in [0.1, 0.15) is 35.4 Å². The molecule has 2 saturated heterocycles. The van der Waals surface area contributed by atoms with E-state index in [1.165, 1.54) is 22.3 Å². The van der Waals surface area contributed by atoms with Gasteiger partial charge in [-0.2, -0.15) is 0 Å². The number of aliphatic carboxylic acids is 2. The van der Waals surface area contributed by atoms with Crippen molar-refractivity contribution in [3.63, 3.8) is 0 Å². The molecule has 14 nitrogen and oxygen atoms in total. The molecular formula is C50H48N8O6. The summed E-state index contributed by atoms with van der Waals surface area (Å²) in [6.07, 6.45) is 12.9. The molecular weight excluding hydrogens is 809 g/mol. The highest BCUT2D eigenvalue weighted by Gasteiger charge is 2.27. The molecule has 0 bridgehead atoms. The van der Waals surface area contributed by atoms with Crippen LogP contribution in [0.25, 0.3) is 23.3 Å². The second kappa shape index (κ2) is 20.9. The fourth-order valence-corrected chi connectivity index (χ4v) is 7.89. The number of aromatic nitrogens is 4. The number of piperazine rings is 2. The van der Waals surface area contributed by atoms with E-state index in [-0.39, 0.29) is 0 Å². The van der Waals surface area contributed by atoms with Crippen molar-refractivity contribution in [2.45, 2.75) is 0 Å². The van der Waals surface area contributed by atoms with E-state index in [4.69, 9.17) is 9.47 Å². The van der Waals surface area contributed by atoms with Crippen LogP contribution < -0.4 is 39.5 Å². The van der Waals surface area contributed by atoms with Gasteiger partial charge in [-0.05, 0) is 59.7 Å². The lowest BCUT2D eigenvalue weighted by molar-refractivity contribution is -0.368. The fourth-order valence-electron chi connectivity index (χ4n) is 7.89. The molecule has 324 valence electrons. The van der Waals surface area contributed by atoms with Crippen LogP contribution in [-0.2, 0) is 9.59 Å². The Morgan fingerprint density at radius 3 is 1.27 bits per heavy atom. The normalized spacial score (nSPS) is 15.6. The molecule has 4 aliphatic heterocycles. The van der Waals surface area contributed by atoms with Crippen LogP contribution in [0.1, 0.15) is 22.3 Å². The standard InChI is InChI=1S/2C23H22N4O.C4H4O4/c2*1-3-8-21-18(6-1)16-19(20-7-2-4-9-22(20)28-21)17-26-12-14-27(15-13-26)23-24-10-5-11-25-23;5-3(6)1-2-4(7)8/h2*1-11,16H,12-15,17H2;1-2H,(H,5,6)(H,7,8)/b;;2-1-. The molecule has 64 heavy (non-hydrogen) atoms. The van der Waals surface area contributed by atoms with E-state index in [1.54, 1.807) is 0 Å². The second-order valence-electron chi connectivity index (χ2n) is 15.3. The van der Waals surface area contributed by atoms with Crippen molar-refractivity contribution < 1.29 is 39.2 Å².